The molecular weight excluding hydrogens is 512 g/mol. The molecule has 6 nitrogen and oxygen atoms in total. The molecule has 39 heavy (non-hydrogen) atoms. The summed E-state index contributed by atoms with van der Waals surface area (Å²) in [6.45, 7) is 7.33. The summed E-state index contributed by atoms with van der Waals surface area (Å²) in [4.78, 5) is 25.8. The third kappa shape index (κ3) is 13.3. The predicted molar refractivity (Wildman–Crippen MR) is 157 cm³/mol. The summed E-state index contributed by atoms with van der Waals surface area (Å²) in [5.74, 6) is 0.264. The molecule has 0 unspecified atom stereocenters. The number of hydrogen-bond donors (Lipinski definition) is 0. The molecule has 0 radical (unpaired) electrons. The maximum absolute atomic E-state index is 12.6. The maximum atomic E-state index is 12.6. The Labute approximate surface area is 240 Å². The molecule has 0 bridgehead atoms. The lowest BCUT2D eigenvalue weighted by molar-refractivity contribution is -0.693. The molecule has 0 fully saturated rings. The summed E-state index contributed by atoms with van der Waals surface area (Å²) in [6, 6.07) is 9.16. The Hall–Kier alpha value is -2.60. The van der Waals surface area contributed by atoms with Gasteiger partial charge in [-0.05, 0) is 36.6 Å². The van der Waals surface area contributed by atoms with Crippen LogP contribution in [0.3, 0.4) is 0 Å². The molecule has 0 aliphatic rings. The van der Waals surface area contributed by atoms with Crippen LogP contribution in [0.1, 0.15) is 109 Å². The Morgan fingerprint density at radius 2 is 1.41 bits per heavy atom. The van der Waals surface area contributed by atoms with E-state index in [9.17, 15) is 9.59 Å². The van der Waals surface area contributed by atoms with Crippen LogP contribution < -0.4 is 9.30 Å². The smallest absolute Gasteiger partial charge is 0.417 e. The van der Waals surface area contributed by atoms with Gasteiger partial charge < -0.3 is 9.47 Å². The number of unbranched alkanes of at least 4 members (excludes halogenated alkanes) is 11. The molecule has 2 amide bonds. The first-order valence-corrected chi connectivity index (χ1v) is 15.2. The monoisotopic (exact) mass is 559 g/mol. The van der Waals surface area contributed by atoms with Crippen molar-refractivity contribution in [2.75, 3.05) is 6.61 Å². The second-order valence-electron chi connectivity index (χ2n) is 10.2. The number of aromatic nitrogens is 1. The van der Waals surface area contributed by atoms with E-state index in [0.29, 0.717) is 17.4 Å². The fraction of sp³-hybridized carbons (Fsp3) is 0.594. The van der Waals surface area contributed by atoms with E-state index in [1.165, 1.54) is 71.1 Å². The van der Waals surface area contributed by atoms with Gasteiger partial charge in [0.15, 0.2) is 12.4 Å². The predicted octanol–water partition coefficient (Wildman–Crippen LogP) is 8.41. The van der Waals surface area contributed by atoms with Gasteiger partial charge in [-0.25, -0.2) is 14.3 Å². The summed E-state index contributed by atoms with van der Waals surface area (Å²) in [5, 5.41) is 0.486. The van der Waals surface area contributed by atoms with Gasteiger partial charge in [-0.1, -0.05) is 95.2 Å². The van der Waals surface area contributed by atoms with E-state index < -0.39 is 6.09 Å². The molecule has 2 rings (SSSR count). The fourth-order valence-electron chi connectivity index (χ4n) is 4.39. The van der Waals surface area contributed by atoms with Gasteiger partial charge in [0.25, 0.3) is 0 Å². The zero-order chi connectivity index (χ0) is 28.3. The molecule has 216 valence electrons. The van der Waals surface area contributed by atoms with Crippen LogP contribution in [0, 0.1) is 0 Å². The summed E-state index contributed by atoms with van der Waals surface area (Å²) in [5.41, 5.74) is 1.59. The first-order chi connectivity index (χ1) is 18.9. The molecule has 0 N–H and O–H groups in total. The minimum atomic E-state index is -0.682. The van der Waals surface area contributed by atoms with Crippen LogP contribution in [0.25, 0.3) is 0 Å². The first-order valence-electron chi connectivity index (χ1n) is 14.8. The summed E-state index contributed by atoms with van der Waals surface area (Å²) in [6.07, 6.45) is 18.8. The normalized spacial score (nSPS) is 10.9. The van der Waals surface area contributed by atoms with Crippen molar-refractivity contribution in [1.82, 2.24) is 4.90 Å². The van der Waals surface area contributed by atoms with Crippen molar-refractivity contribution in [3.8, 4) is 5.75 Å². The van der Waals surface area contributed by atoms with Gasteiger partial charge in [-0.15, -0.1) is 0 Å². The molecule has 0 saturated carbocycles. The summed E-state index contributed by atoms with van der Waals surface area (Å²) >= 11 is 6.41. The number of rotatable bonds is 19. The summed E-state index contributed by atoms with van der Waals surface area (Å²) in [7, 11) is 0. The van der Waals surface area contributed by atoms with Crippen LogP contribution in [0.4, 0.5) is 4.79 Å². The van der Waals surface area contributed by atoms with E-state index in [-0.39, 0.29) is 19.1 Å². The topological polar surface area (TPSA) is 59.7 Å². The van der Waals surface area contributed by atoms with Crippen LogP contribution in [-0.4, -0.2) is 23.5 Å². The highest BCUT2D eigenvalue weighted by Crippen LogP contribution is 2.26. The Bertz CT molecular complexity index is 981. The van der Waals surface area contributed by atoms with Crippen molar-refractivity contribution in [2.45, 2.75) is 118 Å². The van der Waals surface area contributed by atoms with Crippen LogP contribution in [-0.2, 0) is 29.2 Å². The number of hydrogen-bond acceptors (Lipinski definition) is 4. The fourth-order valence-corrected chi connectivity index (χ4v) is 4.65. The lowest BCUT2D eigenvalue weighted by Gasteiger charge is -2.19. The number of ether oxygens (including phenoxy) is 2. The molecule has 1 heterocycles. The third-order valence-electron chi connectivity index (χ3n) is 6.88. The molecule has 0 spiro atoms. The van der Waals surface area contributed by atoms with E-state index in [2.05, 4.69) is 6.92 Å². The second kappa shape index (κ2) is 19.5. The minimum Gasteiger partial charge on any atom is -0.492 e. The molecular formula is C32H48ClN2O4+. The van der Waals surface area contributed by atoms with Gasteiger partial charge >= 0.3 is 6.09 Å². The highest BCUT2D eigenvalue weighted by Gasteiger charge is 2.20. The molecule has 0 saturated heterocycles. The first kappa shape index (κ1) is 32.6. The van der Waals surface area contributed by atoms with Crippen molar-refractivity contribution in [1.29, 1.82) is 0 Å². The number of imide groups is 1. The van der Waals surface area contributed by atoms with Gasteiger partial charge in [-0.3, -0.25) is 4.79 Å². The SMILES string of the molecule is CCCCCCCCCCCCCCOc1ccc(COC(=O)N(Cc2cc[n+](CC)cc2)C(C)=O)cc1Cl. The zero-order valence-electron chi connectivity index (χ0n) is 24.3. The second-order valence-corrected chi connectivity index (χ2v) is 10.6. The minimum absolute atomic E-state index is 0.0198. The number of amides is 2. The molecule has 1 aromatic heterocycles. The summed E-state index contributed by atoms with van der Waals surface area (Å²) < 4.78 is 13.3. The van der Waals surface area contributed by atoms with E-state index in [0.717, 1.165) is 35.4 Å². The van der Waals surface area contributed by atoms with Crippen LogP contribution in [0.2, 0.25) is 5.02 Å². The van der Waals surface area contributed by atoms with Gasteiger partial charge in [0.1, 0.15) is 18.9 Å². The molecule has 0 aliphatic carbocycles. The van der Waals surface area contributed by atoms with E-state index in [4.69, 9.17) is 21.1 Å². The third-order valence-corrected chi connectivity index (χ3v) is 7.18. The van der Waals surface area contributed by atoms with Crippen molar-refractivity contribution in [2.24, 2.45) is 0 Å². The van der Waals surface area contributed by atoms with Crippen molar-refractivity contribution >= 4 is 23.6 Å². The molecule has 2 aromatic rings. The van der Waals surface area contributed by atoms with Crippen LogP contribution >= 0.6 is 11.6 Å². The largest absolute Gasteiger partial charge is 0.492 e. The van der Waals surface area contributed by atoms with Crippen LogP contribution in [0.15, 0.2) is 42.7 Å². The van der Waals surface area contributed by atoms with E-state index in [1.807, 2.05) is 48.1 Å². The molecule has 0 atom stereocenters. The molecule has 1 aromatic carbocycles. The lowest BCUT2D eigenvalue weighted by Crippen LogP contribution is -2.36. The Balaban J connectivity index is 1.64. The highest BCUT2D eigenvalue weighted by atomic mass is 35.5. The van der Waals surface area contributed by atoms with Gasteiger partial charge in [0, 0.05) is 19.1 Å². The average molecular weight is 560 g/mol. The number of aryl methyl sites for hydroxylation is 1. The number of carbonyl (C=O) groups is 2. The number of carbonyl (C=O) groups excluding carboxylic acids is 2. The lowest BCUT2D eigenvalue weighted by atomic mass is 10.1. The Morgan fingerprint density at radius 1 is 0.821 bits per heavy atom. The standard InChI is InChI=1S/C32H48ClN2O4/c1-4-6-7-8-9-10-11-12-13-14-15-16-23-38-31-18-17-29(24-30(31)33)26-39-32(37)35(27(3)36)25-28-19-21-34(5-2)22-20-28/h17-22,24H,4-16,23,25-26H2,1-3H3/q+1. The van der Waals surface area contributed by atoms with Crippen molar-refractivity contribution in [3.63, 3.8) is 0 Å². The van der Waals surface area contributed by atoms with E-state index >= 15 is 0 Å². The number of halogens is 1. The number of benzene rings is 1. The average Bonchev–Trinajstić information content (AvgIpc) is 2.94. The highest BCUT2D eigenvalue weighted by molar-refractivity contribution is 6.32. The number of nitrogens with zero attached hydrogens (tertiary/aromatic N) is 2. The Morgan fingerprint density at radius 3 is 1.95 bits per heavy atom. The molecule has 0 aliphatic heterocycles. The van der Waals surface area contributed by atoms with Gasteiger partial charge in [0.2, 0.25) is 5.91 Å². The van der Waals surface area contributed by atoms with Crippen molar-refractivity contribution < 1.29 is 23.6 Å². The van der Waals surface area contributed by atoms with Crippen LogP contribution in [0.5, 0.6) is 5.75 Å². The van der Waals surface area contributed by atoms with Crippen molar-refractivity contribution in [3.05, 3.63) is 58.9 Å². The zero-order valence-corrected chi connectivity index (χ0v) is 25.0. The number of pyridine rings is 1. The molecule has 7 heteroatoms. The van der Waals surface area contributed by atoms with E-state index in [1.54, 1.807) is 6.07 Å². The quantitative estimate of drug-likeness (QED) is 0.128. The van der Waals surface area contributed by atoms with Gasteiger partial charge in [-0.2, -0.15) is 0 Å². The Kier molecular flexibility index (Phi) is 16.3. The maximum Gasteiger partial charge on any atom is 0.417 e. The van der Waals surface area contributed by atoms with Gasteiger partial charge in [0.05, 0.1) is 18.2 Å².